The van der Waals surface area contributed by atoms with Crippen molar-refractivity contribution < 1.29 is 31.1 Å². The van der Waals surface area contributed by atoms with Crippen LogP contribution in [0.3, 0.4) is 0 Å². The predicted octanol–water partition coefficient (Wildman–Crippen LogP) is 5.19. The van der Waals surface area contributed by atoms with E-state index < -0.39 is 23.5 Å². The van der Waals surface area contributed by atoms with Gasteiger partial charge in [-0.25, -0.2) is 0 Å². The normalized spacial score (nSPS) is 12.6. The van der Waals surface area contributed by atoms with Crippen molar-refractivity contribution >= 4 is 18.1 Å². The van der Waals surface area contributed by atoms with Crippen molar-refractivity contribution in [2.75, 3.05) is 27.2 Å². The van der Waals surface area contributed by atoms with Crippen LogP contribution in [-0.2, 0) is 12.4 Å². The molecule has 2 aromatic rings. The molecule has 0 fully saturated rings. The quantitative estimate of drug-likeness (QED) is 0.506. The molecule has 9 heteroatoms. The van der Waals surface area contributed by atoms with Crippen LogP contribution in [0.5, 0.6) is 0 Å². The summed E-state index contributed by atoms with van der Waals surface area (Å²) in [7, 11) is 3.74. The Bertz CT molecular complexity index is 899. The molecule has 0 radical (unpaired) electrons. The van der Waals surface area contributed by atoms with Crippen LogP contribution in [0.15, 0.2) is 42.5 Å². The lowest BCUT2D eigenvalue weighted by Crippen LogP contribution is -2.31. The molecule has 0 saturated carbocycles. The summed E-state index contributed by atoms with van der Waals surface area (Å²) in [5.41, 5.74) is -2.24. The molecule has 0 aliphatic rings. The molecule has 0 bridgehead atoms. The summed E-state index contributed by atoms with van der Waals surface area (Å²) in [6.45, 7) is 1.13. The lowest BCUT2D eigenvalue weighted by molar-refractivity contribution is -0.143. The molecule has 162 valence electrons. The van der Waals surface area contributed by atoms with E-state index in [0.717, 1.165) is 12.1 Å². The van der Waals surface area contributed by atoms with Crippen molar-refractivity contribution in [3.05, 3.63) is 70.3 Å². The van der Waals surface area contributed by atoms with E-state index in [4.69, 9.17) is 0 Å². The molecule has 0 saturated heterocycles. The van der Waals surface area contributed by atoms with Gasteiger partial charge >= 0.3 is 12.4 Å². The third kappa shape index (κ3) is 6.62. The monoisotopic (exact) mass is 430 g/mol. The average Bonchev–Trinajstić information content (AvgIpc) is 2.64. The SMILES string of the molecule is CN(C)CCNC(=O)c1ccc(/C=C/c2ccc(C(F)(F)F)cc2C(F)(F)F)cc1. The number of nitrogens with zero attached hydrogens (tertiary/aromatic N) is 1. The van der Waals surface area contributed by atoms with Gasteiger partial charge in [0.15, 0.2) is 0 Å². The summed E-state index contributed by atoms with van der Waals surface area (Å²) in [5, 5.41) is 2.73. The van der Waals surface area contributed by atoms with Crippen molar-refractivity contribution in [3.63, 3.8) is 0 Å². The Kier molecular flexibility index (Phi) is 7.30. The molecule has 0 aromatic heterocycles. The number of hydrogen-bond donors (Lipinski definition) is 1. The molecule has 1 N–H and O–H groups in total. The fourth-order valence-corrected chi connectivity index (χ4v) is 2.55. The van der Waals surface area contributed by atoms with Gasteiger partial charge in [0.05, 0.1) is 11.1 Å². The molecule has 1 amide bonds. The van der Waals surface area contributed by atoms with Crippen LogP contribution >= 0.6 is 0 Å². The van der Waals surface area contributed by atoms with Gasteiger partial charge in [0, 0.05) is 18.7 Å². The zero-order valence-electron chi connectivity index (χ0n) is 16.2. The minimum absolute atomic E-state index is 0.0981. The van der Waals surface area contributed by atoms with Crippen molar-refractivity contribution in [2.45, 2.75) is 12.4 Å². The molecule has 0 aliphatic heterocycles. The number of hydrogen-bond acceptors (Lipinski definition) is 2. The molecule has 0 atom stereocenters. The van der Waals surface area contributed by atoms with Crippen LogP contribution in [0.25, 0.3) is 12.2 Å². The highest BCUT2D eigenvalue weighted by atomic mass is 19.4. The molecule has 0 heterocycles. The van der Waals surface area contributed by atoms with Crippen LogP contribution in [0, 0.1) is 0 Å². The Hall–Kier alpha value is -2.81. The second kappa shape index (κ2) is 9.34. The summed E-state index contributed by atoms with van der Waals surface area (Å²) in [5.74, 6) is -0.283. The van der Waals surface area contributed by atoms with Crippen molar-refractivity contribution in [2.24, 2.45) is 0 Å². The zero-order valence-corrected chi connectivity index (χ0v) is 16.2. The highest BCUT2D eigenvalue weighted by Gasteiger charge is 2.37. The summed E-state index contributed by atoms with van der Waals surface area (Å²) < 4.78 is 77.8. The van der Waals surface area contributed by atoms with Crippen molar-refractivity contribution in [1.82, 2.24) is 10.2 Å². The van der Waals surface area contributed by atoms with Gasteiger partial charge in [-0.3, -0.25) is 4.79 Å². The molecular formula is C21H20F6N2O. The largest absolute Gasteiger partial charge is 0.417 e. The van der Waals surface area contributed by atoms with E-state index in [1.807, 2.05) is 19.0 Å². The van der Waals surface area contributed by atoms with E-state index in [1.165, 1.54) is 30.3 Å². The molecule has 2 rings (SSSR count). The smallest absolute Gasteiger partial charge is 0.351 e. The molecule has 3 nitrogen and oxygen atoms in total. The van der Waals surface area contributed by atoms with Gasteiger partial charge in [-0.05, 0) is 49.5 Å². The van der Waals surface area contributed by atoms with Crippen molar-refractivity contribution in [1.29, 1.82) is 0 Å². The van der Waals surface area contributed by atoms with Gasteiger partial charge in [0.1, 0.15) is 0 Å². The Balaban J connectivity index is 2.18. The van der Waals surface area contributed by atoms with Crippen LogP contribution in [0.2, 0.25) is 0 Å². The summed E-state index contributed by atoms with van der Waals surface area (Å²) in [6.07, 6.45) is -7.37. The van der Waals surface area contributed by atoms with E-state index in [1.54, 1.807) is 0 Å². The number of carbonyl (C=O) groups excluding carboxylic acids is 1. The van der Waals surface area contributed by atoms with Gasteiger partial charge in [-0.2, -0.15) is 26.3 Å². The van der Waals surface area contributed by atoms with Gasteiger partial charge in [0.25, 0.3) is 5.91 Å². The first-order valence-corrected chi connectivity index (χ1v) is 8.87. The maximum Gasteiger partial charge on any atom is 0.417 e. The Morgan fingerprint density at radius 2 is 1.57 bits per heavy atom. The summed E-state index contributed by atoms with van der Waals surface area (Å²) in [4.78, 5) is 13.9. The van der Waals surface area contributed by atoms with E-state index in [2.05, 4.69) is 5.32 Å². The van der Waals surface area contributed by atoms with E-state index in [0.29, 0.717) is 30.3 Å². The highest BCUT2D eigenvalue weighted by molar-refractivity contribution is 5.94. The first-order chi connectivity index (χ1) is 13.9. The lowest BCUT2D eigenvalue weighted by atomic mass is 10.0. The highest BCUT2D eigenvalue weighted by Crippen LogP contribution is 2.37. The number of alkyl halides is 6. The average molecular weight is 430 g/mol. The molecular weight excluding hydrogens is 410 g/mol. The Labute approximate surface area is 170 Å². The third-order valence-electron chi connectivity index (χ3n) is 4.16. The lowest BCUT2D eigenvalue weighted by Gasteiger charge is -2.14. The number of rotatable bonds is 6. The second-order valence-electron chi connectivity index (χ2n) is 6.81. The molecule has 30 heavy (non-hydrogen) atoms. The van der Waals surface area contributed by atoms with E-state index in [-0.39, 0.29) is 17.5 Å². The van der Waals surface area contributed by atoms with Crippen LogP contribution < -0.4 is 5.32 Å². The van der Waals surface area contributed by atoms with Crippen LogP contribution in [-0.4, -0.2) is 38.0 Å². The molecule has 2 aromatic carbocycles. The van der Waals surface area contributed by atoms with Gasteiger partial charge in [0.2, 0.25) is 0 Å². The second-order valence-corrected chi connectivity index (χ2v) is 6.81. The number of halogens is 6. The van der Waals surface area contributed by atoms with E-state index >= 15 is 0 Å². The minimum atomic E-state index is -4.94. The first kappa shape index (κ1) is 23.5. The maximum atomic E-state index is 13.2. The summed E-state index contributed by atoms with van der Waals surface area (Å²) in [6, 6.07) is 7.60. The predicted molar refractivity (Wildman–Crippen MR) is 103 cm³/mol. The number of benzene rings is 2. The van der Waals surface area contributed by atoms with Gasteiger partial charge < -0.3 is 10.2 Å². The number of nitrogens with one attached hydrogen (secondary N) is 1. The Morgan fingerprint density at radius 1 is 0.933 bits per heavy atom. The van der Waals surface area contributed by atoms with Crippen LogP contribution in [0.1, 0.15) is 32.6 Å². The zero-order chi connectivity index (χ0) is 22.5. The van der Waals surface area contributed by atoms with Crippen molar-refractivity contribution in [3.8, 4) is 0 Å². The topological polar surface area (TPSA) is 32.3 Å². The van der Waals surface area contributed by atoms with Gasteiger partial charge in [-0.15, -0.1) is 0 Å². The fraction of sp³-hybridized carbons (Fsp3) is 0.286. The standard InChI is InChI=1S/C21H20F6N2O/c1-29(2)12-11-28-19(30)16-7-4-14(5-8-16)3-6-15-9-10-17(20(22,23)24)13-18(15)21(25,26)27/h3-10,13H,11-12H2,1-2H3,(H,28,30)/b6-3+. The minimum Gasteiger partial charge on any atom is -0.351 e. The number of amides is 1. The van der Waals surface area contributed by atoms with Gasteiger partial charge in [-0.1, -0.05) is 30.4 Å². The fourth-order valence-electron chi connectivity index (χ4n) is 2.55. The maximum absolute atomic E-state index is 13.2. The van der Waals surface area contributed by atoms with E-state index in [9.17, 15) is 31.1 Å². The third-order valence-corrected chi connectivity index (χ3v) is 4.16. The molecule has 0 spiro atoms. The summed E-state index contributed by atoms with van der Waals surface area (Å²) >= 11 is 0. The van der Waals surface area contributed by atoms with Crippen LogP contribution in [0.4, 0.5) is 26.3 Å². The molecule has 0 unspecified atom stereocenters. The first-order valence-electron chi connectivity index (χ1n) is 8.87. The molecule has 0 aliphatic carbocycles. The Morgan fingerprint density at radius 3 is 2.10 bits per heavy atom. The number of carbonyl (C=O) groups is 1. The number of likely N-dealkylation sites (N-methyl/N-ethyl adjacent to an activating group) is 1.